The molecule has 2 saturated heterocycles. The van der Waals surface area contributed by atoms with Crippen molar-refractivity contribution in [1.29, 1.82) is 5.26 Å². The second-order valence-electron chi connectivity index (χ2n) is 18.4. The maximum Gasteiger partial charge on any atom is 0.530 e. The number of unbranched alkanes of at least 4 members (excludes halogenated alkanes) is 14. The monoisotopic (exact) mass is 953 g/mol. The fraction of sp³-hybridized carbons (Fsp3) is 0.612. The first-order chi connectivity index (χ1) is 31.8. The Morgan fingerprint density at radius 1 is 0.909 bits per heavy atom. The lowest BCUT2D eigenvalue weighted by Crippen LogP contribution is -2.33. The van der Waals surface area contributed by atoms with Crippen LogP contribution in [0.1, 0.15) is 141 Å². The van der Waals surface area contributed by atoms with Crippen LogP contribution in [0.4, 0.5) is 10.2 Å². The van der Waals surface area contributed by atoms with Gasteiger partial charge in [0.2, 0.25) is 0 Å². The second-order valence-corrected chi connectivity index (χ2v) is 20.4. The normalized spacial score (nSPS) is 24.1. The SMILES string of the molecule is CCCCCCCCCCCCCCCCCOCC(COc1cc(F)cc(C#N)c1)COP(=O)(Oc1ccccc1Cl)OC1[C@@]2(C)O[C@@H](c3ccc4c(N)ncnn34)[C@@H]3OC(C)(C)O[C@@]132. The van der Waals surface area contributed by atoms with Crippen molar-refractivity contribution in [3.05, 3.63) is 83.0 Å². The lowest BCUT2D eigenvalue weighted by molar-refractivity contribution is -0.186. The van der Waals surface area contributed by atoms with Gasteiger partial charge in [0.1, 0.15) is 53.1 Å². The van der Waals surface area contributed by atoms with Crippen molar-refractivity contribution < 1.29 is 46.2 Å². The molecule has 14 nitrogen and oxygen atoms in total. The molecule has 2 N–H and O–H groups in total. The van der Waals surface area contributed by atoms with Crippen LogP contribution >= 0.6 is 19.4 Å². The number of aromatic nitrogens is 3. The molecule has 7 rings (SSSR count). The highest BCUT2D eigenvalue weighted by Crippen LogP contribution is 2.74. The molecular weight excluding hydrogens is 888 g/mol. The molecule has 2 aromatic carbocycles. The fourth-order valence-corrected chi connectivity index (χ4v) is 11.1. The molecule has 17 heteroatoms. The van der Waals surface area contributed by atoms with Crippen LogP contribution in [0.25, 0.3) is 5.52 Å². The molecule has 0 bridgehead atoms. The van der Waals surface area contributed by atoms with Crippen molar-refractivity contribution in [2.75, 3.05) is 32.2 Å². The molecule has 0 amide bonds. The Balaban J connectivity index is 0.983. The highest BCUT2D eigenvalue weighted by atomic mass is 35.5. The zero-order chi connectivity index (χ0) is 46.8. The van der Waals surface area contributed by atoms with E-state index < -0.39 is 54.9 Å². The number of nitrogens with zero attached hydrogens (tertiary/aromatic N) is 4. The van der Waals surface area contributed by atoms with Gasteiger partial charge >= 0.3 is 7.82 Å². The first kappa shape index (κ1) is 50.0. The van der Waals surface area contributed by atoms with E-state index in [0.717, 1.165) is 25.3 Å². The Hall–Kier alpha value is -3.84. The lowest BCUT2D eigenvalue weighted by Gasteiger charge is -2.27. The van der Waals surface area contributed by atoms with Crippen LogP contribution in [-0.4, -0.2) is 70.2 Å². The molecule has 1 saturated carbocycles. The van der Waals surface area contributed by atoms with E-state index in [1.807, 2.05) is 25.1 Å². The minimum absolute atomic E-state index is 0.0261. The quantitative estimate of drug-likeness (QED) is 0.0403. The minimum Gasteiger partial charge on any atom is -0.493 e. The maximum absolute atomic E-state index is 15.1. The summed E-state index contributed by atoms with van der Waals surface area (Å²) in [5, 5.41) is 14.0. The number of fused-ring (bicyclic) bond motifs is 1. The second kappa shape index (κ2) is 22.5. The van der Waals surface area contributed by atoms with E-state index in [9.17, 15) is 9.65 Å². The van der Waals surface area contributed by atoms with Crippen LogP contribution in [0.15, 0.2) is 60.9 Å². The van der Waals surface area contributed by atoms with Gasteiger partial charge in [-0.15, -0.1) is 0 Å². The molecule has 3 aliphatic rings. The molecule has 0 radical (unpaired) electrons. The predicted octanol–water partition coefficient (Wildman–Crippen LogP) is 11.9. The van der Waals surface area contributed by atoms with E-state index in [-0.39, 0.29) is 41.9 Å². The molecular formula is C49H66ClFN5O9P. The van der Waals surface area contributed by atoms with Gasteiger partial charge in [0.25, 0.3) is 0 Å². The first-order valence-electron chi connectivity index (χ1n) is 23.7. The summed E-state index contributed by atoms with van der Waals surface area (Å²) in [4.78, 5) is 4.11. The summed E-state index contributed by atoms with van der Waals surface area (Å²) in [5.41, 5.74) is 5.11. The van der Waals surface area contributed by atoms with Crippen molar-refractivity contribution in [2.24, 2.45) is 5.92 Å². The van der Waals surface area contributed by atoms with Crippen LogP contribution in [0.2, 0.25) is 5.02 Å². The van der Waals surface area contributed by atoms with Crippen molar-refractivity contribution >= 4 is 30.8 Å². The number of benzene rings is 2. The van der Waals surface area contributed by atoms with Crippen LogP contribution in [0.3, 0.4) is 0 Å². The van der Waals surface area contributed by atoms with Gasteiger partial charge in [-0.1, -0.05) is 121 Å². The Bertz CT molecular complexity index is 2310. The summed E-state index contributed by atoms with van der Waals surface area (Å²) >= 11 is 6.53. The molecule has 1 spiro atoms. The summed E-state index contributed by atoms with van der Waals surface area (Å²) in [6.07, 6.45) is 17.9. The topological polar surface area (TPSA) is 171 Å². The third-order valence-electron chi connectivity index (χ3n) is 12.8. The molecule has 3 unspecified atom stereocenters. The summed E-state index contributed by atoms with van der Waals surface area (Å²) in [7, 11) is -4.58. The van der Waals surface area contributed by atoms with Crippen LogP contribution in [-0.2, 0) is 32.6 Å². The number of nitrogens with two attached hydrogens (primary N) is 1. The number of rotatable bonds is 29. The van der Waals surface area contributed by atoms with E-state index in [1.54, 1.807) is 42.6 Å². The van der Waals surface area contributed by atoms with Crippen LogP contribution < -0.4 is 15.0 Å². The van der Waals surface area contributed by atoms with E-state index in [1.165, 1.54) is 95.5 Å². The number of halogens is 2. The smallest absolute Gasteiger partial charge is 0.493 e. The standard InChI is InChI=1S/C49H66ClFN5O9P/c1-5-6-7-8-9-10-11-12-13-14-15-16-17-18-21-26-58-31-36(32-59-38-28-35(30-52)27-37(51)29-38)33-60-66(57,63-42-23-20-19-22-39(42)50)64-46-48(4)49(46)44(62-47(2,3)65-49)43(61-48)40-24-25-41-45(53)54-34-55-56(40)41/h19-20,22-25,27-29,34,36,43-44,46H,5-18,21,26,31-33H2,1-4H3,(H2,53,54,55)/t36?,43-,44-,46?,48+,49+,66?/m0/s1. The van der Waals surface area contributed by atoms with Gasteiger partial charge in [-0.3, -0.25) is 9.05 Å². The summed E-state index contributed by atoms with van der Waals surface area (Å²) in [6.45, 7) is 8.08. The number of ether oxygens (including phenoxy) is 5. The minimum atomic E-state index is -4.58. The fourth-order valence-electron chi connectivity index (χ4n) is 9.30. The average Bonchev–Trinajstić information content (AvgIpc) is 3.67. The molecule has 3 fully saturated rings. The molecule has 2 aromatic heterocycles. The van der Waals surface area contributed by atoms with E-state index >= 15 is 4.57 Å². The number of anilines is 1. The summed E-state index contributed by atoms with van der Waals surface area (Å²) < 4.78 is 81.9. The molecule has 4 heterocycles. The van der Waals surface area contributed by atoms with E-state index in [2.05, 4.69) is 17.0 Å². The summed E-state index contributed by atoms with van der Waals surface area (Å²) in [6, 6.07) is 15.9. The Kier molecular flexibility index (Phi) is 17.1. The van der Waals surface area contributed by atoms with E-state index in [4.69, 9.17) is 54.6 Å². The number of hydrogen-bond donors (Lipinski definition) is 1. The Morgan fingerprint density at radius 2 is 1.59 bits per heavy atom. The number of phosphoric ester groups is 1. The molecule has 2 aliphatic heterocycles. The number of nitrogen functional groups attached to an aromatic ring is 1. The lowest BCUT2D eigenvalue weighted by atomic mass is 10.0. The van der Waals surface area contributed by atoms with Gasteiger partial charge in [0.05, 0.1) is 42.2 Å². The number of hydrogen-bond acceptors (Lipinski definition) is 13. The Labute approximate surface area is 393 Å². The first-order valence-corrected chi connectivity index (χ1v) is 25.6. The number of para-hydroxylation sites is 1. The molecule has 4 aromatic rings. The maximum atomic E-state index is 15.1. The van der Waals surface area contributed by atoms with Crippen molar-refractivity contribution in [3.8, 4) is 17.6 Å². The van der Waals surface area contributed by atoms with Gasteiger partial charge in [-0.2, -0.15) is 10.4 Å². The van der Waals surface area contributed by atoms with Gasteiger partial charge < -0.3 is 33.9 Å². The van der Waals surface area contributed by atoms with Crippen molar-refractivity contribution in [1.82, 2.24) is 14.6 Å². The van der Waals surface area contributed by atoms with Crippen molar-refractivity contribution in [3.63, 3.8) is 0 Å². The third kappa shape index (κ3) is 11.9. The largest absolute Gasteiger partial charge is 0.530 e. The average molecular weight is 955 g/mol. The van der Waals surface area contributed by atoms with Gasteiger partial charge in [0, 0.05) is 18.6 Å². The molecule has 360 valence electrons. The van der Waals surface area contributed by atoms with Gasteiger partial charge in [0.15, 0.2) is 17.2 Å². The predicted molar refractivity (Wildman–Crippen MR) is 249 cm³/mol. The number of phosphoric acid groups is 1. The highest BCUT2D eigenvalue weighted by molar-refractivity contribution is 7.49. The molecule has 66 heavy (non-hydrogen) atoms. The Morgan fingerprint density at radius 3 is 2.27 bits per heavy atom. The van der Waals surface area contributed by atoms with Crippen molar-refractivity contribution in [2.45, 2.75) is 159 Å². The zero-order valence-corrected chi connectivity index (χ0v) is 40.4. The van der Waals surface area contributed by atoms with Crippen LogP contribution in [0, 0.1) is 23.1 Å². The highest BCUT2D eigenvalue weighted by Gasteiger charge is 2.92. The van der Waals surface area contributed by atoms with Gasteiger partial charge in [-0.25, -0.2) is 18.5 Å². The molecule has 1 aliphatic carbocycles. The van der Waals surface area contributed by atoms with Crippen LogP contribution in [0.5, 0.6) is 11.5 Å². The zero-order valence-electron chi connectivity index (χ0n) is 38.8. The number of nitriles is 1. The van der Waals surface area contributed by atoms with Gasteiger partial charge in [-0.05, 0) is 63.6 Å². The summed E-state index contributed by atoms with van der Waals surface area (Å²) in [5.74, 6) is -1.68. The van der Waals surface area contributed by atoms with E-state index in [0.29, 0.717) is 23.6 Å². The molecule has 7 atom stereocenters. The third-order valence-corrected chi connectivity index (χ3v) is 14.4.